The molecule has 0 bridgehead atoms. The number of nitrogens with zero attached hydrogens (tertiary/aromatic N) is 2. The van der Waals surface area contributed by atoms with Crippen LogP contribution in [0.1, 0.15) is 42.7 Å². The van der Waals surface area contributed by atoms with Crippen molar-refractivity contribution < 1.29 is 18.0 Å². The van der Waals surface area contributed by atoms with Crippen molar-refractivity contribution in [3.8, 4) is 22.3 Å². The summed E-state index contributed by atoms with van der Waals surface area (Å²) in [4.78, 5) is 21.4. The molecule has 168 valence electrons. The molecule has 1 N–H and O–H groups in total. The lowest BCUT2D eigenvalue weighted by molar-refractivity contribution is 0.0239. The van der Waals surface area contributed by atoms with E-state index in [4.69, 9.17) is 11.6 Å². The van der Waals surface area contributed by atoms with E-state index < -0.39 is 24.5 Å². The maximum Gasteiger partial charge on any atom is 0.263 e. The second kappa shape index (κ2) is 9.69. The van der Waals surface area contributed by atoms with Gasteiger partial charge in [-0.1, -0.05) is 37.6 Å². The van der Waals surface area contributed by atoms with Gasteiger partial charge in [0.15, 0.2) is 0 Å². The molecule has 0 saturated heterocycles. The van der Waals surface area contributed by atoms with E-state index >= 15 is 0 Å². The molecule has 1 aromatic heterocycles. The lowest BCUT2D eigenvalue weighted by Gasteiger charge is -2.27. The van der Waals surface area contributed by atoms with E-state index in [0.29, 0.717) is 16.1 Å². The number of hydrogen-bond acceptors (Lipinski definition) is 3. The highest BCUT2D eigenvalue weighted by Crippen LogP contribution is 2.32. The molecule has 0 fully saturated rings. The van der Waals surface area contributed by atoms with Crippen LogP contribution in [0.15, 0.2) is 55.0 Å². The average molecular weight is 462 g/mol. The fraction of sp³-hybridized carbons (Fsp3) is 0.292. The van der Waals surface area contributed by atoms with Gasteiger partial charge in [-0.3, -0.25) is 4.79 Å². The normalized spacial score (nSPS) is 13.3. The molecule has 0 radical (unpaired) electrons. The van der Waals surface area contributed by atoms with Crippen LogP contribution >= 0.6 is 11.6 Å². The molecule has 3 aromatic rings. The number of carbonyl (C=O) groups is 1. The monoisotopic (exact) mass is 461 g/mol. The third-order valence-electron chi connectivity index (χ3n) is 5.13. The average Bonchev–Trinajstić information content (AvgIpc) is 2.78. The Kier molecular flexibility index (Phi) is 7.19. The summed E-state index contributed by atoms with van der Waals surface area (Å²) < 4.78 is 40.0. The number of aromatic nitrogens is 2. The summed E-state index contributed by atoms with van der Waals surface area (Å²) in [5.41, 5.74) is 1.41. The maximum atomic E-state index is 13.3. The molecule has 0 aliphatic heterocycles. The third-order valence-corrected chi connectivity index (χ3v) is 5.38. The zero-order valence-electron chi connectivity index (χ0n) is 17.9. The molecule has 3 rings (SSSR count). The molecule has 0 aliphatic rings. The maximum absolute atomic E-state index is 13.3. The van der Waals surface area contributed by atoms with Crippen LogP contribution in [-0.4, -0.2) is 34.5 Å². The van der Waals surface area contributed by atoms with Crippen LogP contribution in [0.2, 0.25) is 5.02 Å². The summed E-state index contributed by atoms with van der Waals surface area (Å²) in [6, 6.07) is 12.0. The van der Waals surface area contributed by atoms with Crippen LogP contribution in [0.5, 0.6) is 0 Å². The van der Waals surface area contributed by atoms with Gasteiger partial charge >= 0.3 is 0 Å². The standard InChI is InChI=1S/C24H23ClF3N3O/c1-14(2)21-20(11-29-13-30-21)17-8-16(15-4-6-19(25)7-5-15)9-18(10-17)22(32)31-24(3,12-26)23(27)28/h4-11,13-14,23H,12H2,1-3H3,(H,31,32). The third kappa shape index (κ3) is 5.10. The Morgan fingerprint density at radius 1 is 1.09 bits per heavy atom. The molecular formula is C24H23ClF3N3O. The van der Waals surface area contributed by atoms with Gasteiger partial charge in [0, 0.05) is 22.3 Å². The van der Waals surface area contributed by atoms with Crippen molar-refractivity contribution in [3.05, 3.63) is 71.3 Å². The number of hydrogen-bond donors (Lipinski definition) is 1. The van der Waals surface area contributed by atoms with Crippen LogP contribution in [0, 0.1) is 0 Å². The van der Waals surface area contributed by atoms with Gasteiger partial charge in [-0.25, -0.2) is 23.1 Å². The molecule has 2 aromatic carbocycles. The van der Waals surface area contributed by atoms with Gasteiger partial charge in [0.1, 0.15) is 18.5 Å². The van der Waals surface area contributed by atoms with Crippen LogP contribution < -0.4 is 5.32 Å². The fourth-order valence-corrected chi connectivity index (χ4v) is 3.35. The van der Waals surface area contributed by atoms with E-state index in [1.54, 1.807) is 42.6 Å². The van der Waals surface area contributed by atoms with Crippen molar-refractivity contribution in [3.63, 3.8) is 0 Å². The predicted molar refractivity (Wildman–Crippen MR) is 120 cm³/mol. The molecule has 1 atom stereocenters. The van der Waals surface area contributed by atoms with E-state index in [-0.39, 0.29) is 11.5 Å². The Balaban J connectivity index is 2.16. The first kappa shape index (κ1) is 23.7. The number of halogens is 4. The number of carbonyl (C=O) groups excluding carboxylic acids is 1. The molecule has 0 aliphatic carbocycles. The van der Waals surface area contributed by atoms with E-state index in [1.807, 2.05) is 19.9 Å². The van der Waals surface area contributed by atoms with Gasteiger partial charge in [-0.15, -0.1) is 0 Å². The number of nitrogens with one attached hydrogen (secondary N) is 1. The van der Waals surface area contributed by atoms with Crippen LogP contribution in [0.4, 0.5) is 13.2 Å². The minimum Gasteiger partial charge on any atom is -0.339 e. The SMILES string of the molecule is CC(C)c1ncncc1-c1cc(C(=O)NC(C)(CF)C(F)F)cc(-c2ccc(Cl)cc2)c1. The minimum absolute atomic E-state index is 0.0816. The second-order valence-electron chi connectivity index (χ2n) is 8.09. The van der Waals surface area contributed by atoms with Crippen molar-refractivity contribution in [2.24, 2.45) is 0 Å². The first-order chi connectivity index (χ1) is 15.1. The first-order valence-electron chi connectivity index (χ1n) is 10.0. The van der Waals surface area contributed by atoms with Crippen molar-refractivity contribution in [2.45, 2.75) is 38.7 Å². The zero-order valence-corrected chi connectivity index (χ0v) is 18.6. The van der Waals surface area contributed by atoms with Crippen molar-refractivity contribution in [2.75, 3.05) is 6.67 Å². The molecule has 4 nitrogen and oxygen atoms in total. The highest BCUT2D eigenvalue weighted by atomic mass is 35.5. The van der Waals surface area contributed by atoms with E-state index in [2.05, 4.69) is 15.3 Å². The van der Waals surface area contributed by atoms with Gasteiger partial charge < -0.3 is 5.32 Å². The summed E-state index contributed by atoms with van der Waals surface area (Å²) in [6.45, 7) is 3.54. The lowest BCUT2D eigenvalue weighted by Crippen LogP contribution is -2.53. The zero-order chi connectivity index (χ0) is 23.5. The largest absolute Gasteiger partial charge is 0.339 e. The predicted octanol–water partition coefficient (Wildman–Crippen LogP) is 6.31. The number of alkyl halides is 3. The Morgan fingerprint density at radius 2 is 1.75 bits per heavy atom. The smallest absolute Gasteiger partial charge is 0.263 e. The number of amides is 1. The van der Waals surface area contributed by atoms with Crippen LogP contribution in [-0.2, 0) is 0 Å². The Labute approximate surface area is 189 Å². The quantitative estimate of drug-likeness (QED) is 0.448. The molecule has 0 spiro atoms. The van der Waals surface area contributed by atoms with E-state index in [0.717, 1.165) is 23.7 Å². The summed E-state index contributed by atoms with van der Waals surface area (Å²) in [7, 11) is 0. The molecular weight excluding hydrogens is 439 g/mol. The number of benzene rings is 2. The minimum atomic E-state index is -3.06. The van der Waals surface area contributed by atoms with Gasteiger partial charge in [-0.2, -0.15) is 0 Å². The van der Waals surface area contributed by atoms with Gasteiger partial charge in [0.05, 0.1) is 5.69 Å². The highest BCUT2D eigenvalue weighted by molar-refractivity contribution is 6.30. The van der Waals surface area contributed by atoms with E-state index in [9.17, 15) is 18.0 Å². The molecule has 1 unspecified atom stereocenters. The Morgan fingerprint density at radius 3 is 2.34 bits per heavy atom. The molecule has 8 heteroatoms. The topological polar surface area (TPSA) is 54.9 Å². The molecule has 1 heterocycles. The van der Waals surface area contributed by atoms with Crippen molar-refractivity contribution in [1.82, 2.24) is 15.3 Å². The van der Waals surface area contributed by atoms with Crippen molar-refractivity contribution in [1.29, 1.82) is 0 Å². The van der Waals surface area contributed by atoms with Crippen molar-refractivity contribution >= 4 is 17.5 Å². The lowest BCUT2D eigenvalue weighted by atomic mass is 9.93. The Hall–Kier alpha value is -2.93. The highest BCUT2D eigenvalue weighted by Gasteiger charge is 2.37. The summed E-state index contributed by atoms with van der Waals surface area (Å²) in [6.07, 6.45) is 0.0335. The van der Waals surface area contributed by atoms with Crippen LogP contribution in [0.3, 0.4) is 0 Å². The van der Waals surface area contributed by atoms with Crippen LogP contribution in [0.25, 0.3) is 22.3 Å². The summed E-state index contributed by atoms with van der Waals surface area (Å²) >= 11 is 5.99. The van der Waals surface area contributed by atoms with Gasteiger partial charge in [-0.05, 0) is 59.9 Å². The fourth-order valence-electron chi connectivity index (χ4n) is 3.22. The summed E-state index contributed by atoms with van der Waals surface area (Å²) in [5, 5.41) is 2.70. The second-order valence-corrected chi connectivity index (χ2v) is 8.52. The molecule has 1 amide bonds. The van der Waals surface area contributed by atoms with E-state index in [1.165, 1.54) is 6.33 Å². The molecule has 32 heavy (non-hydrogen) atoms. The van der Waals surface area contributed by atoms with Gasteiger partial charge in [0.2, 0.25) is 0 Å². The molecule has 0 saturated carbocycles. The summed E-state index contributed by atoms with van der Waals surface area (Å²) in [5.74, 6) is -0.719. The Bertz CT molecular complexity index is 1110. The van der Waals surface area contributed by atoms with Gasteiger partial charge in [0.25, 0.3) is 12.3 Å². The number of rotatable bonds is 7. The first-order valence-corrected chi connectivity index (χ1v) is 10.4.